The molecule has 2 nitrogen and oxygen atoms in total. The quantitative estimate of drug-likeness (QED) is 0.620. The van der Waals surface area contributed by atoms with E-state index in [9.17, 15) is 9.90 Å². The molecule has 0 spiro atoms. The van der Waals surface area contributed by atoms with Gasteiger partial charge < -0.3 is 5.11 Å². The number of aliphatic hydroxyl groups excluding tert-OH is 1. The van der Waals surface area contributed by atoms with Gasteiger partial charge in [-0.3, -0.25) is 4.79 Å². The molecule has 4 atom stereocenters. The molecule has 2 unspecified atom stereocenters. The third-order valence-corrected chi connectivity index (χ3v) is 3.83. The van der Waals surface area contributed by atoms with Gasteiger partial charge in [-0.1, -0.05) is 13.3 Å². The molecule has 0 aromatic heterocycles. The van der Waals surface area contributed by atoms with Crippen molar-refractivity contribution in [3.63, 3.8) is 0 Å². The lowest BCUT2D eigenvalue weighted by atomic mass is 9.64. The molecule has 0 amide bonds. The van der Waals surface area contributed by atoms with Crippen molar-refractivity contribution < 1.29 is 9.90 Å². The van der Waals surface area contributed by atoms with Crippen LogP contribution in [0.15, 0.2) is 0 Å². The molecule has 0 heterocycles. The third kappa shape index (κ3) is 1.64. The lowest BCUT2D eigenvalue weighted by Gasteiger charge is -2.41. The van der Waals surface area contributed by atoms with Crippen molar-refractivity contribution in [1.29, 1.82) is 0 Å². The number of carbonyl (C=O) groups excluding carboxylic acids is 1. The van der Waals surface area contributed by atoms with E-state index in [-0.39, 0.29) is 12.0 Å². The minimum Gasteiger partial charge on any atom is -0.393 e. The number of hydrogen-bond donors (Lipinski definition) is 1. The second kappa shape index (κ2) is 3.41. The van der Waals surface area contributed by atoms with Crippen molar-refractivity contribution in [2.24, 2.45) is 17.8 Å². The molecule has 2 saturated carbocycles. The van der Waals surface area contributed by atoms with E-state index in [0.717, 1.165) is 19.3 Å². The van der Waals surface area contributed by atoms with Crippen LogP contribution in [0.3, 0.4) is 0 Å². The van der Waals surface area contributed by atoms with Gasteiger partial charge in [0.2, 0.25) is 0 Å². The second-order valence-electron chi connectivity index (χ2n) is 4.75. The summed E-state index contributed by atoms with van der Waals surface area (Å²) in [5.41, 5.74) is 0. The van der Waals surface area contributed by atoms with Crippen LogP contribution in [0.5, 0.6) is 0 Å². The molecule has 0 aromatic rings. The van der Waals surface area contributed by atoms with Gasteiger partial charge in [0.15, 0.2) is 0 Å². The predicted molar refractivity (Wildman–Crippen MR) is 50.2 cm³/mol. The first-order valence-corrected chi connectivity index (χ1v) is 5.38. The third-order valence-electron chi connectivity index (χ3n) is 3.83. The molecule has 13 heavy (non-hydrogen) atoms. The number of aliphatic hydroxyl groups is 1. The van der Waals surface area contributed by atoms with E-state index < -0.39 is 0 Å². The fraction of sp³-hybridized carbons (Fsp3) is 0.909. The Labute approximate surface area is 79.3 Å². The average Bonchev–Trinajstić information content (AvgIpc) is 2.07. The van der Waals surface area contributed by atoms with Crippen LogP contribution in [0, 0.1) is 17.8 Å². The Morgan fingerprint density at radius 2 is 2.00 bits per heavy atom. The zero-order valence-corrected chi connectivity index (χ0v) is 8.20. The van der Waals surface area contributed by atoms with Crippen LogP contribution in [0.1, 0.15) is 39.0 Å². The van der Waals surface area contributed by atoms with Crippen LogP contribution in [-0.4, -0.2) is 17.0 Å². The summed E-state index contributed by atoms with van der Waals surface area (Å²) in [6, 6.07) is 0. The SMILES string of the molecule is C[C@H]1CC(=O)CC2C1CCC[C@@H]2O. The van der Waals surface area contributed by atoms with Crippen molar-refractivity contribution in [1.82, 2.24) is 0 Å². The molecule has 0 radical (unpaired) electrons. The monoisotopic (exact) mass is 182 g/mol. The summed E-state index contributed by atoms with van der Waals surface area (Å²) in [5, 5.41) is 9.79. The summed E-state index contributed by atoms with van der Waals surface area (Å²) in [7, 11) is 0. The van der Waals surface area contributed by atoms with Crippen molar-refractivity contribution in [2.45, 2.75) is 45.1 Å². The molecule has 2 aliphatic carbocycles. The molecule has 2 fully saturated rings. The highest BCUT2D eigenvalue weighted by molar-refractivity contribution is 5.79. The molecule has 0 aliphatic heterocycles. The van der Waals surface area contributed by atoms with Gasteiger partial charge in [0.1, 0.15) is 5.78 Å². The molecule has 2 heteroatoms. The van der Waals surface area contributed by atoms with Crippen molar-refractivity contribution in [3.05, 3.63) is 0 Å². The summed E-state index contributed by atoms with van der Waals surface area (Å²) in [6.07, 6.45) is 4.44. The Hall–Kier alpha value is -0.370. The standard InChI is InChI=1S/C11H18O2/c1-7-5-8(12)6-10-9(7)3-2-4-11(10)13/h7,9-11,13H,2-6H2,1H3/t7-,9?,10?,11-/m0/s1. The normalized spacial score (nSPS) is 45.8. The minimum absolute atomic E-state index is 0.203. The van der Waals surface area contributed by atoms with E-state index in [4.69, 9.17) is 0 Å². The molecule has 2 aliphatic rings. The number of hydrogen-bond acceptors (Lipinski definition) is 2. The Morgan fingerprint density at radius 3 is 2.77 bits per heavy atom. The van der Waals surface area contributed by atoms with E-state index in [0.29, 0.717) is 24.0 Å². The smallest absolute Gasteiger partial charge is 0.133 e. The van der Waals surface area contributed by atoms with Crippen LogP contribution in [0.2, 0.25) is 0 Å². The molecule has 0 saturated heterocycles. The Kier molecular flexibility index (Phi) is 2.41. The molecule has 1 N–H and O–H groups in total. The maximum atomic E-state index is 11.4. The first-order chi connectivity index (χ1) is 6.18. The van der Waals surface area contributed by atoms with Crippen LogP contribution in [0.4, 0.5) is 0 Å². The lowest BCUT2D eigenvalue weighted by Crippen LogP contribution is -2.41. The van der Waals surface area contributed by atoms with Gasteiger partial charge in [0.25, 0.3) is 0 Å². The number of ketones is 1. The Balaban J connectivity index is 2.12. The van der Waals surface area contributed by atoms with Gasteiger partial charge in [-0.25, -0.2) is 0 Å². The summed E-state index contributed by atoms with van der Waals surface area (Å²) < 4.78 is 0. The fourth-order valence-electron chi connectivity index (χ4n) is 3.13. The summed E-state index contributed by atoms with van der Waals surface area (Å²) in [5.74, 6) is 1.75. The average molecular weight is 182 g/mol. The second-order valence-corrected chi connectivity index (χ2v) is 4.75. The van der Waals surface area contributed by atoms with E-state index in [1.165, 1.54) is 6.42 Å². The summed E-state index contributed by atoms with van der Waals surface area (Å²) in [4.78, 5) is 11.4. The molecule has 74 valence electrons. The van der Waals surface area contributed by atoms with Gasteiger partial charge in [-0.2, -0.15) is 0 Å². The highest BCUT2D eigenvalue weighted by Crippen LogP contribution is 2.42. The maximum Gasteiger partial charge on any atom is 0.133 e. The maximum absolute atomic E-state index is 11.4. The number of rotatable bonds is 0. The zero-order valence-electron chi connectivity index (χ0n) is 8.20. The molecular weight excluding hydrogens is 164 g/mol. The Bertz CT molecular complexity index is 212. The largest absolute Gasteiger partial charge is 0.393 e. The first kappa shape index (κ1) is 9.20. The Morgan fingerprint density at radius 1 is 1.23 bits per heavy atom. The molecular formula is C11H18O2. The van der Waals surface area contributed by atoms with Crippen LogP contribution in [-0.2, 0) is 4.79 Å². The molecule has 0 bridgehead atoms. The lowest BCUT2D eigenvalue weighted by molar-refractivity contribution is -0.128. The topological polar surface area (TPSA) is 37.3 Å². The molecule has 2 rings (SSSR count). The van der Waals surface area contributed by atoms with E-state index >= 15 is 0 Å². The van der Waals surface area contributed by atoms with E-state index in [2.05, 4.69) is 6.92 Å². The number of fused-ring (bicyclic) bond motifs is 1. The van der Waals surface area contributed by atoms with Gasteiger partial charge >= 0.3 is 0 Å². The first-order valence-electron chi connectivity index (χ1n) is 5.38. The van der Waals surface area contributed by atoms with Crippen molar-refractivity contribution in [2.75, 3.05) is 0 Å². The van der Waals surface area contributed by atoms with E-state index in [1.807, 2.05) is 0 Å². The predicted octanol–water partition coefficient (Wildman–Crippen LogP) is 1.76. The van der Waals surface area contributed by atoms with Crippen molar-refractivity contribution >= 4 is 5.78 Å². The fourth-order valence-corrected chi connectivity index (χ4v) is 3.13. The summed E-state index contributed by atoms with van der Waals surface area (Å²) >= 11 is 0. The molecule has 0 aromatic carbocycles. The van der Waals surface area contributed by atoms with Gasteiger partial charge in [-0.15, -0.1) is 0 Å². The van der Waals surface area contributed by atoms with Crippen LogP contribution in [0.25, 0.3) is 0 Å². The zero-order chi connectivity index (χ0) is 9.42. The highest BCUT2D eigenvalue weighted by Gasteiger charge is 2.40. The van der Waals surface area contributed by atoms with E-state index in [1.54, 1.807) is 0 Å². The number of carbonyl (C=O) groups is 1. The summed E-state index contributed by atoms with van der Waals surface area (Å²) in [6.45, 7) is 2.16. The highest BCUT2D eigenvalue weighted by atomic mass is 16.3. The number of Topliss-reactive ketones (excluding diaryl/α,β-unsaturated/α-hetero) is 1. The van der Waals surface area contributed by atoms with Crippen LogP contribution >= 0.6 is 0 Å². The van der Waals surface area contributed by atoms with Crippen molar-refractivity contribution in [3.8, 4) is 0 Å². The van der Waals surface area contributed by atoms with Crippen LogP contribution < -0.4 is 0 Å². The minimum atomic E-state index is -0.203. The van der Waals surface area contributed by atoms with Gasteiger partial charge in [0, 0.05) is 12.8 Å². The van der Waals surface area contributed by atoms with Gasteiger partial charge in [0.05, 0.1) is 6.10 Å². The van der Waals surface area contributed by atoms with Gasteiger partial charge in [-0.05, 0) is 30.6 Å².